The van der Waals surface area contributed by atoms with E-state index in [4.69, 9.17) is 4.42 Å². The van der Waals surface area contributed by atoms with E-state index >= 15 is 0 Å². The molecule has 0 aliphatic heterocycles. The minimum absolute atomic E-state index is 0.164. The van der Waals surface area contributed by atoms with Crippen LogP contribution < -0.4 is 5.32 Å². The standard InChI is InChI=1S/C15H17BrN2O2/c1-10-6-11(2)8-12(7-10)17-15(19)18(3)9-13-4-5-14(16)20-13/h4-8H,9H2,1-3H3,(H,17,19). The molecule has 0 unspecified atom stereocenters. The number of nitrogens with zero attached hydrogens (tertiary/aromatic N) is 1. The third-order valence-electron chi connectivity index (χ3n) is 2.84. The summed E-state index contributed by atoms with van der Waals surface area (Å²) in [4.78, 5) is 13.7. The van der Waals surface area contributed by atoms with E-state index in [1.54, 1.807) is 11.9 Å². The van der Waals surface area contributed by atoms with Gasteiger partial charge in [0.15, 0.2) is 4.67 Å². The van der Waals surface area contributed by atoms with Crippen molar-refractivity contribution in [2.45, 2.75) is 20.4 Å². The van der Waals surface area contributed by atoms with Crippen LogP contribution in [0.4, 0.5) is 10.5 Å². The molecule has 4 nitrogen and oxygen atoms in total. The summed E-state index contributed by atoms with van der Waals surface area (Å²) < 4.78 is 6.05. The highest BCUT2D eigenvalue weighted by Crippen LogP contribution is 2.17. The molecule has 20 heavy (non-hydrogen) atoms. The molecule has 0 saturated heterocycles. The van der Waals surface area contributed by atoms with Gasteiger partial charge in [-0.3, -0.25) is 0 Å². The van der Waals surface area contributed by atoms with Gasteiger partial charge in [0.05, 0.1) is 6.54 Å². The third kappa shape index (κ3) is 3.87. The van der Waals surface area contributed by atoms with E-state index in [2.05, 4.69) is 27.3 Å². The molecule has 0 spiro atoms. The van der Waals surface area contributed by atoms with E-state index in [1.165, 1.54) is 0 Å². The SMILES string of the molecule is Cc1cc(C)cc(NC(=O)N(C)Cc2ccc(Br)o2)c1. The van der Waals surface area contributed by atoms with Crippen molar-refractivity contribution in [3.63, 3.8) is 0 Å². The predicted molar refractivity (Wildman–Crippen MR) is 82.8 cm³/mol. The van der Waals surface area contributed by atoms with Crippen molar-refractivity contribution in [3.05, 3.63) is 51.9 Å². The molecule has 0 atom stereocenters. The molecule has 0 fully saturated rings. The Balaban J connectivity index is 2.00. The number of urea groups is 1. The molecular formula is C15H17BrN2O2. The lowest BCUT2D eigenvalue weighted by molar-refractivity contribution is 0.216. The van der Waals surface area contributed by atoms with Gasteiger partial charge in [-0.15, -0.1) is 0 Å². The van der Waals surface area contributed by atoms with Gasteiger partial charge in [0, 0.05) is 12.7 Å². The third-order valence-corrected chi connectivity index (χ3v) is 3.27. The number of carbonyl (C=O) groups excluding carboxylic acids is 1. The van der Waals surface area contributed by atoms with Crippen LogP contribution in [0.3, 0.4) is 0 Å². The topological polar surface area (TPSA) is 45.5 Å². The normalized spacial score (nSPS) is 10.4. The fourth-order valence-corrected chi connectivity index (χ4v) is 2.35. The first kappa shape index (κ1) is 14.7. The van der Waals surface area contributed by atoms with Gasteiger partial charge in [-0.2, -0.15) is 0 Å². The summed E-state index contributed by atoms with van der Waals surface area (Å²) >= 11 is 3.24. The number of benzene rings is 1. The molecular weight excluding hydrogens is 320 g/mol. The number of amides is 2. The largest absolute Gasteiger partial charge is 0.452 e. The number of carbonyl (C=O) groups is 1. The summed E-state index contributed by atoms with van der Waals surface area (Å²) in [5.74, 6) is 0.731. The van der Waals surface area contributed by atoms with E-state index in [0.717, 1.165) is 22.6 Å². The Bertz CT molecular complexity index is 602. The van der Waals surface area contributed by atoms with E-state index < -0.39 is 0 Å². The summed E-state index contributed by atoms with van der Waals surface area (Å²) in [6.07, 6.45) is 0. The average Bonchev–Trinajstić information content (AvgIpc) is 2.73. The Morgan fingerprint density at radius 1 is 1.25 bits per heavy atom. The summed E-state index contributed by atoms with van der Waals surface area (Å²) in [6.45, 7) is 4.43. The summed E-state index contributed by atoms with van der Waals surface area (Å²) in [6, 6.07) is 9.45. The number of halogens is 1. The first-order valence-electron chi connectivity index (χ1n) is 6.28. The molecule has 2 amide bonds. The fourth-order valence-electron chi connectivity index (χ4n) is 2.01. The van der Waals surface area contributed by atoms with Crippen LogP contribution in [0.15, 0.2) is 39.4 Å². The van der Waals surface area contributed by atoms with Crippen molar-refractivity contribution in [3.8, 4) is 0 Å². The Labute approximate surface area is 126 Å². The molecule has 0 saturated carbocycles. The molecule has 1 heterocycles. The van der Waals surface area contributed by atoms with Crippen LogP contribution in [-0.2, 0) is 6.54 Å². The lowest BCUT2D eigenvalue weighted by Crippen LogP contribution is -2.30. The zero-order valence-corrected chi connectivity index (χ0v) is 13.3. The molecule has 0 bridgehead atoms. The number of rotatable bonds is 3. The molecule has 5 heteroatoms. The van der Waals surface area contributed by atoms with Crippen molar-refractivity contribution in [1.82, 2.24) is 4.90 Å². The van der Waals surface area contributed by atoms with Gasteiger partial charge in [-0.25, -0.2) is 4.79 Å². The quantitative estimate of drug-likeness (QED) is 0.906. The van der Waals surface area contributed by atoms with Crippen molar-refractivity contribution in [1.29, 1.82) is 0 Å². The second-order valence-corrected chi connectivity index (χ2v) is 5.65. The van der Waals surface area contributed by atoms with Gasteiger partial charge in [-0.05, 0) is 65.2 Å². The molecule has 0 radical (unpaired) electrons. The average molecular weight is 337 g/mol. The molecule has 2 rings (SSSR count). The minimum Gasteiger partial charge on any atom is -0.452 e. The number of nitrogens with one attached hydrogen (secondary N) is 1. The van der Waals surface area contributed by atoms with Crippen molar-refractivity contribution < 1.29 is 9.21 Å². The van der Waals surface area contributed by atoms with Crippen LogP contribution in [0.1, 0.15) is 16.9 Å². The van der Waals surface area contributed by atoms with Gasteiger partial charge >= 0.3 is 6.03 Å². The minimum atomic E-state index is -0.164. The Hall–Kier alpha value is -1.75. The van der Waals surface area contributed by atoms with Crippen LogP contribution in [-0.4, -0.2) is 18.0 Å². The zero-order chi connectivity index (χ0) is 14.7. The summed E-state index contributed by atoms with van der Waals surface area (Å²) in [7, 11) is 1.73. The van der Waals surface area contributed by atoms with Gasteiger partial charge in [-0.1, -0.05) is 6.07 Å². The van der Waals surface area contributed by atoms with Crippen molar-refractivity contribution in [2.24, 2.45) is 0 Å². The molecule has 106 valence electrons. The number of anilines is 1. The predicted octanol–water partition coefficient (Wildman–Crippen LogP) is 4.32. The Morgan fingerprint density at radius 3 is 2.45 bits per heavy atom. The van der Waals surface area contributed by atoms with Crippen LogP contribution >= 0.6 is 15.9 Å². The van der Waals surface area contributed by atoms with E-state index in [-0.39, 0.29) is 6.03 Å². The fraction of sp³-hybridized carbons (Fsp3) is 0.267. The monoisotopic (exact) mass is 336 g/mol. The van der Waals surface area contributed by atoms with Crippen LogP contribution in [0.2, 0.25) is 0 Å². The zero-order valence-electron chi connectivity index (χ0n) is 11.7. The highest BCUT2D eigenvalue weighted by Gasteiger charge is 2.11. The van der Waals surface area contributed by atoms with Crippen molar-refractivity contribution >= 4 is 27.6 Å². The first-order valence-corrected chi connectivity index (χ1v) is 7.08. The lowest BCUT2D eigenvalue weighted by atomic mass is 10.1. The van der Waals surface area contributed by atoms with E-state index in [1.807, 2.05) is 38.1 Å². The highest BCUT2D eigenvalue weighted by atomic mass is 79.9. The lowest BCUT2D eigenvalue weighted by Gasteiger charge is -2.17. The van der Waals surface area contributed by atoms with E-state index in [0.29, 0.717) is 11.2 Å². The Morgan fingerprint density at radius 2 is 1.90 bits per heavy atom. The van der Waals surface area contributed by atoms with Gasteiger partial charge < -0.3 is 14.6 Å². The molecule has 1 aromatic heterocycles. The van der Waals surface area contributed by atoms with Gasteiger partial charge in [0.1, 0.15) is 5.76 Å². The second-order valence-electron chi connectivity index (χ2n) is 4.87. The maximum atomic E-state index is 12.1. The maximum absolute atomic E-state index is 12.1. The van der Waals surface area contributed by atoms with Crippen LogP contribution in [0.5, 0.6) is 0 Å². The summed E-state index contributed by atoms with van der Waals surface area (Å²) in [5, 5.41) is 2.88. The molecule has 0 aliphatic rings. The number of hydrogen-bond acceptors (Lipinski definition) is 2. The van der Waals surface area contributed by atoms with E-state index in [9.17, 15) is 4.79 Å². The molecule has 1 N–H and O–H groups in total. The van der Waals surface area contributed by atoms with Gasteiger partial charge in [0.2, 0.25) is 0 Å². The first-order chi connectivity index (χ1) is 9.44. The van der Waals surface area contributed by atoms with Crippen LogP contribution in [0.25, 0.3) is 0 Å². The number of hydrogen-bond donors (Lipinski definition) is 1. The van der Waals surface area contributed by atoms with Gasteiger partial charge in [0.25, 0.3) is 0 Å². The second kappa shape index (κ2) is 6.13. The van der Waals surface area contributed by atoms with Crippen LogP contribution in [0, 0.1) is 13.8 Å². The molecule has 1 aromatic carbocycles. The maximum Gasteiger partial charge on any atom is 0.321 e. The molecule has 0 aliphatic carbocycles. The number of aryl methyl sites for hydroxylation is 2. The van der Waals surface area contributed by atoms with Crippen molar-refractivity contribution in [2.75, 3.05) is 12.4 Å². The Kier molecular flexibility index (Phi) is 4.49. The highest BCUT2D eigenvalue weighted by molar-refractivity contribution is 9.10. The number of furan rings is 1. The smallest absolute Gasteiger partial charge is 0.321 e. The molecule has 2 aromatic rings. The summed E-state index contributed by atoms with van der Waals surface area (Å²) in [5.41, 5.74) is 3.05.